The van der Waals surface area contributed by atoms with Crippen molar-refractivity contribution in [2.24, 2.45) is 0 Å². The molecule has 1 aromatic carbocycles. The number of H-pyrrole nitrogens is 1. The minimum atomic E-state index is 0.533. The number of hydrogen-bond donors (Lipinski definition) is 3. The van der Waals surface area contributed by atoms with E-state index in [9.17, 15) is 5.26 Å². The van der Waals surface area contributed by atoms with Crippen LogP contribution < -0.4 is 10.6 Å². The maximum atomic E-state index is 9.31. The van der Waals surface area contributed by atoms with Gasteiger partial charge >= 0.3 is 0 Å². The van der Waals surface area contributed by atoms with Crippen molar-refractivity contribution >= 4 is 16.6 Å². The summed E-state index contributed by atoms with van der Waals surface area (Å²) in [4.78, 5) is 7.62. The van der Waals surface area contributed by atoms with Gasteiger partial charge in [0.05, 0.1) is 11.0 Å². The van der Waals surface area contributed by atoms with E-state index in [0.717, 1.165) is 36.4 Å². The zero-order chi connectivity index (χ0) is 12.4. The van der Waals surface area contributed by atoms with Crippen LogP contribution in [0.2, 0.25) is 0 Å². The van der Waals surface area contributed by atoms with Crippen molar-refractivity contribution in [2.45, 2.75) is 6.42 Å². The second kappa shape index (κ2) is 4.41. The number of hydrogen-bond acceptors (Lipinski definition) is 4. The Labute approximate surface area is 105 Å². The SMILES string of the molecule is N#CC(=C1NCCCN1)c1nc2ccccc2[nH]1. The highest BCUT2D eigenvalue weighted by Crippen LogP contribution is 2.18. The first kappa shape index (κ1) is 10.7. The second-order valence-corrected chi connectivity index (χ2v) is 4.17. The third kappa shape index (κ3) is 1.78. The Hall–Kier alpha value is -2.48. The lowest BCUT2D eigenvalue weighted by Gasteiger charge is -2.19. The number of nitrogens with zero attached hydrogens (tertiary/aromatic N) is 2. The van der Waals surface area contributed by atoms with Crippen LogP contribution in [0.3, 0.4) is 0 Å². The standard InChI is InChI=1S/C13H13N5/c14-8-9(12-15-6-3-7-16-12)13-17-10-4-1-2-5-11(10)18-13/h1-2,4-5,15-16H,3,6-7H2,(H,17,18). The molecule has 1 saturated heterocycles. The van der Waals surface area contributed by atoms with Crippen molar-refractivity contribution in [1.82, 2.24) is 20.6 Å². The maximum Gasteiger partial charge on any atom is 0.152 e. The van der Waals surface area contributed by atoms with E-state index in [-0.39, 0.29) is 0 Å². The summed E-state index contributed by atoms with van der Waals surface area (Å²) >= 11 is 0. The van der Waals surface area contributed by atoms with E-state index in [4.69, 9.17) is 0 Å². The topological polar surface area (TPSA) is 76.5 Å². The zero-order valence-electron chi connectivity index (χ0n) is 9.83. The number of allylic oxidation sites excluding steroid dienone is 1. The fourth-order valence-electron chi connectivity index (χ4n) is 2.05. The summed E-state index contributed by atoms with van der Waals surface area (Å²) in [5.41, 5.74) is 2.35. The van der Waals surface area contributed by atoms with E-state index in [2.05, 4.69) is 26.7 Å². The largest absolute Gasteiger partial charge is 0.371 e. The molecule has 0 aliphatic carbocycles. The van der Waals surface area contributed by atoms with Crippen LogP contribution in [0.25, 0.3) is 16.6 Å². The highest BCUT2D eigenvalue weighted by atomic mass is 15.1. The molecule has 0 atom stereocenters. The number of benzene rings is 1. The van der Waals surface area contributed by atoms with Crippen LogP contribution in [0, 0.1) is 11.3 Å². The van der Waals surface area contributed by atoms with Crippen molar-refractivity contribution in [3.05, 3.63) is 35.9 Å². The van der Waals surface area contributed by atoms with Gasteiger partial charge in [-0.1, -0.05) is 12.1 Å². The van der Waals surface area contributed by atoms with Crippen molar-refractivity contribution in [3.8, 4) is 6.07 Å². The Morgan fingerprint density at radius 2 is 2.00 bits per heavy atom. The van der Waals surface area contributed by atoms with E-state index in [1.54, 1.807) is 0 Å². The Morgan fingerprint density at radius 1 is 1.22 bits per heavy atom. The van der Waals surface area contributed by atoms with Gasteiger partial charge in [-0.05, 0) is 18.6 Å². The van der Waals surface area contributed by atoms with Gasteiger partial charge in [0.2, 0.25) is 0 Å². The molecule has 1 fully saturated rings. The summed E-state index contributed by atoms with van der Waals surface area (Å²) in [5.74, 6) is 1.37. The Morgan fingerprint density at radius 3 is 2.72 bits per heavy atom. The molecule has 1 aliphatic heterocycles. The summed E-state index contributed by atoms with van der Waals surface area (Å²) in [7, 11) is 0. The molecule has 5 nitrogen and oxygen atoms in total. The molecular weight excluding hydrogens is 226 g/mol. The predicted octanol–water partition coefficient (Wildman–Crippen LogP) is 1.34. The normalized spacial score (nSPS) is 14.7. The Kier molecular flexibility index (Phi) is 2.61. The molecule has 0 unspecified atom stereocenters. The van der Waals surface area contributed by atoms with Gasteiger partial charge in [0.15, 0.2) is 5.82 Å². The van der Waals surface area contributed by atoms with Gasteiger partial charge in [-0.25, -0.2) is 4.98 Å². The number of imidazole rings is 1. The first-order chi connectivity index (χ1) is 8.88. The van der Waals surface area contributed by atoms with Crippen LogP contribution in [0.1, 0.15) is 12.2 Å². The molecule has 0 radical (unpaired) electrons. The summed E-state index contributed by atoms with van der Waals surface area (Å²) in [6, 6.07) is 9.97. The molecule has 18 heavy (non-hydrogen) atoms. The van der Waals surface area contributed by atoms with E-state index in [1.807, 2.05) is 24.3 Å². The van der Waals surface area contributed by atoms with Gasteiger partial charge in [0.25, 0.3) is 0 Å². The molecule has 0 bridgehead atoms. The number of fused-ring (bicyclic) bond motifs is 1. The Balaban J connectivity index is 2.08. The first-order valence-electron chi connectivity index (χ1n) is 5.96. The average molecular weight is 239 g/mol. The van der Waals surface area contributed by atoms with Gasteiger partial charge in [0.1, 0.15) is 17.5 Å². The van der Waals surface area contributed by atoms with E-state index >= 15 is 0 Å². The van der Waals surface area contributed by atoms with Crippen LogP contribution in [0.5, 0.6) is 0 Å². The zero-order valence-corrected chi connectivity index (χ0v) is 9.83. The second-order valence-electron chi connectivity index (χ2n) is 4.17. The lowest BCUT2D eigenvalue weighted by atomic mass is 10.2. The van der Waals surface area contributed by atoms with Crippen molar-refractivity contribution in [2.75, 3.05) is 13.1 Å². The highest BCUT2D eigenvalue weighted by molar-refractivity contribution is 5.83. The molecule has 1 aliphatic rings. The number of nitriles is 1. The number of para-hydroxylation sites is 2. The van der Waals surface area contributed by atoms with Crippen LogP contribution >= 0.6 is 0 Å². The molecular formula is C13H13N5. The molecule has 0 amide bonds. The molecule has 0 spiro atoms. The fourth-order valence-corrected chi connectivity index (χ4v) is 2.05. The lowest BCUT2D eigenvalue weighted by molar-refractivity contribution is 0.575. The van der Waals surface area contributed by atoms with E-state index in [0.29, 0.717) is 11.4 Å². The number of nitrogens with one attached hydrogen (secondary N) is 3. The molecule has 0 saturated carbocycles. The molecule has 2 heterocycles. The van der Waals surface area contributed by atoms with E-state index in [1.165, 1.54) is 0 Å². The van der Waals surface area contributed by atoms with Gasteiger partial charge < -0.3 is 15.6 Å². The van der Waals surface area contributed by atoms with Crippen LogP contribution in [-0.4, -0.2) is 23.1 Å². The van der Waals surface area contributed by atoms with Crippen molar-refractivity contribution in [3.63, 3.8) is 0 Å². The molecule has 90 valence electrons. The van der Waals surface area contributed by atoms with Crippen molar-refractivity contribution < 1.29 is 0 Å². The smallest absolute Gasteiger partial charge is 0.152 e. The monoisotopic (exact) mass is 239 g/mol. The van der Waals surface area contributed by atoms with Gasteiger partial charge in [-0.15, -0.1) is 0 Å². The minimum Gasteiger partial charge on any atom is -0.371 e. The minimum absolute atomic E-state index is 0.533. The quantitative estimate of drug-likeness (QED) is 0.656. The van der Waals surface area contributed by atoms with Crippen molar-refractivity contribution in [1.29, 1.82) is 5.26 Å². The summed E-state index contributed by atoms with van der Waals surface area (Å²) in [6.07, 6.45) is 1.06. The molecule has 1 aromatic heterocycles. The number of rotatable bonds is 1. The summed E-state index contributed by atoms with van der Waals surface area (Å²) in [5, 5.41) is 15.7. The summed E-state index contributed by atoms with van der Waals surface area (Å²) in [6.45, 7) is 1.77. The average Bonchev–Trinajstić information content (AvgIpc) is 2.84. The van der Waals surface area contributed by atoms with Crippen LogP contribution in [0.15, 0.2) is 30.1 Å². The summed E-state index contributed by atoms with van der Waals surface area (Å²) < 4.78 is 0. The Bertz CT molecular complexity index is 606. The molecule has 5 heteroatoms. The third-order valence-corrected chi connectivity index (χ3v) is 2.95. The van der Waals surface area contributed by atoms with Crippen LogP contribution in [0.4, 0.5) is 0 Å². The van der Waals surface area contributed by atoms with Crippen LogP contribution in [-0.2, 0) is 0 Å². The van der Waals surface area contributed by atoms with Gasteiger partial charge in [-0.3, -0.25) is 0 Å². The highest BCUT2D eigenvalue weighted by Gasteiger charge is 2.15. The maximum absolute atomic E-state index is 9.31. The molecule has 3 N–H and O–H groups in total. The molecule has 2 aromatic rings. The predicted molar refractivity (Wildman–Crippen MR) is 69.2 cm³/mol. The van der Waals surface area contributed by atoms with Gasteiger partial charge in [-0.2, -0.15) is 5.26 Å². The number of aromatic nitrogens is 2. The first-order valence-corrected chi connectivity index (χ1v) is 5.96. The lowest BCUT2D eigenvalue weighted by Crippen LogP contribution is -2.36. The number of aromatic amines is 1. The van der Waals surface area contributed by atoms with E-state index < -0.39 is 0 Å². The third-order valence-electron chi connectivity index (χ3n) is 2.95. The molecule has 3 rings (SSSR count). The fraction of sp³-hybridized carbons (Fsp3) is 0.231. The van der Waals surface area contributed by atoms with Gasteiger partial charge in [0, 0.05) is 13.1 Å².